The van der Waals surface area contributed by atoms with E-state index in [0.29, 0.717) is 5.92 Å². The summed E-state index contributed by atoms with van der Waals surface area (Å²) < 4.78 is 0. The fourth-order valence-corrected chi connectivity index (χ4v) is 3.77. The summed E-state index contributed by atoms with van der Waals surface area (Å²) in [5, 5.41) is 6.71. The van der Waals surface area contributed by atoms with E-state index in [0.717, 1.165) is 32.4 Å². The molecule has 122 valence electrons. The minimum absolute atomic E-state index is 0. The zero-order chi connectivity index (χ0) is 14.7. The minimum atomic E-state index is 0. The highest BCUT2D eigenvalue weighted by atomic mass is 35.5. The number of hydrogen-bond donors (Lipinski definition) is 2. The Balaban J connectivity index is 0.00000176. The molecule has 0 radical (unpaired) electrons. The molecule has 0 saturated carbocycles. The fourth-order valence-electron chi connectivity index (χ4n) is 3.77. The number of nitrogens with one attached hydrogen (secondary N) is 2. The van der Waals surface area contributed by atoms with Crippen LogP contribution in [-0.2, 0) is 11.2 Å². The Kier molecular flexibility index (Phi) is 6.27. The van der Waals surface area contributed by atoms with E-state index in [-0.39, 0.29) is 30.3 Å². The number of amides is 1. The Labute approximate surface area is 139 Å². The lowest BCUT2D eigenvalue weighted by Crippen LogP contribution is -2.46. The van der Waals surface area contributed by atoms with Crippen molar-refractivity contribution in [2.45, 2.75) is 51.0 Å². The minimum Gasteiger partial charge on any atom is -0.353 e. The van der Waals surface area contributed by atoms with Gasteiger partial charge in [-0.3, -0.25) is 4.79 Å². The normalized spacial score (nSPS) is 25.5. The second-order valence-corrected chi connectivity index (χ2v) is 6.55. The smallest absolute Gasteiger partial charge is 0.227 e. The molecule has 0 bridgehead atoms. The van der Waals surface area contributed by atoms with Gasteiger partial charge in [-0.15, -0.1) is 12.4 Å². The van der Waals surface area contributed by atoms with Crippen LogP contribution >= 0.6 is 12.4 Å². The van der Waals surface area contributed by atoms with Gasteiger partial charge in [0.1, 0.15) is 0 Å². The highest BCUT2D eigenvalue weighted by molar-refractivity contribution is 5.85. The monoisotopic (exact) mass is 322 g/mol. The molecule has 1 aliphatic heterocycles. The van der Waals surface area contributed by atoms with Crippen LogP contribution in [0.25, 0.3) is 0 Å². The van der Waals surface area contributed by atoms with E-state index >= 15 is 0 Å². The molecule has 3 atom stereocenters. The van der Waals surface area contributed by atoms with Crippen LogP contribution in [0.2, 0.25) is 0 Å². The van der Waals surface area contributed by atoms with Crippen LogP contribution in [0.3, 0.4) is 0 Å². The van der Waals surface area contributed by atoms with E-state index in [1.54, 1.807) is 0 Å². The lowest BCUT2D eigenvalue weighted by molar-refractivity contribution is -0.123. The van der Waals surface area contributed by atoms with E-state index in [1.807, 2.05) is 0 Å². The second-order valence-electron chi connectivity index (χ2n) is 6.55. The first-order chi connectivity index (χ1) is 10.3. The largest absolute Gasteiger partial charge is 0.353 e. The Morgan fingerprint density at radius 3 is 2.86 bits per heavy atom. The van der Waals surface area contributed by atoms with E-state index in [4.69, 9.17) is 0 Å². The Morgan fingerprint density at radius 2 is 2.09 bits per heavy atom. The van der Waals surface area contributed by atoms with Gasteiger partial charge in [0.2, 0.25) is 5.91 Å². The van der Waals surface area contributed by atoms with Crippen LogP contribution in [0.1, 0.15) is 49.7 Å². The van der Waals surface area contributed by atoms with Crippen molar-refractivity contribution in [1.29, 1.82) is 0 Å². The van der Waals surface area contributed by atoms with Crippen LogP contribution in [-0.4, -0.2) is 25.0 Å². The lowest BCUT2D eigenvalue weighted by atomic mass is 9.82. The summed E-state index contributed by atoms with van der Waals surface area (Å²) in [7, 11) is 0. The van der Waals surface area contributed by atoms with Gasteiger partial charge in [0.05, 0.1) is 5.92 Å². The van der Waals surface area contributed by atoms with Crippen molar-refractivity contribution >= 4 is 18.3 Å². The summed E-state index contributed by atoms with van der Waals surface area (Å²) in [6.07, 6.45) is 5.65. The molecule has 1 aromatic carbocycles. The maximum Gasteiger partial charge on any atom is 0.227 e. The number of halogens is 1. The maximum absolute atomic E-state index is 12.7. The van der Waals surface area contributed by atoms with Crippen molar-refractivity contribution in [3.8, 4) is 0 Å². The van der Waals surface area contributed by atoms with Gasteiger partial charge >= 0.3 is 0 Å². The second kappa shape index (κ2) is 7.98. The van der Waals surface area contributed by atoms with Crippen molar-refractivity contribution in [1.82, 2.24) is 10.6 Å². The number of rotatable bonds is 3. The lowest BCUT2D eigenvalue weighted by Gasteiger charge is -2.31. The fraction of sp³-hybridized carbons (Fsp3) is 0.611. The highest BCUT2D eigenvalue weighted by Crippen LogP contribution is 2.31. The van der Waals surface area contributed by atoms with Crippen LogP contribution in [0, 0.1) is 5.92 Å². The number of fused-ring (bicyclic) bond motifs is 1. The average Bonchev–Trinajstić information content (AvgIpc) is 2.55. The standard InChI is InChI=1S/C18H26N2O.ClH/c1-13(15-8-5-11-19-12-15)20-18(21)17-10-4-7-14-6-2-3-9-16(14)17;/h2-3,6,9,13,15,17,19H,4-5,7-8,10-12H2,1H3,(H,20,21);1H. The quantitative estimate of drug-likeness (QED) is 0.898. The van der Waals surface area contributed by atoms with Crippen molar-refractivity contribution in [3.63, 3.8) is 0 Å². The summed E-state index contributed by atoms with van der Waals surface area (Å²) in [5.74, 6) is 0.843. The van der Waals surface area contributed by atoms with E-state index in [9.17, 15) is 4.79 Å². The van der Waals surface area contributed by atoms with E-state index in [2.05, 4.69) is 41.8 Å². The van der Waals surface area contributed by atoms with Gasteiger partial charge in [-0.05, 0) is 69.2 Å². The Bertz CT molecular complexity index is 500. The van der Waals surface area contributed by atoms with Crippen molar-refractivity contribution in [2.24, 2.45) is 5.92 Å². The molecular formula is C18H27ClN2O. The van der Waals surface area contributed by atoms with E-state index < -0.39 is 0 Å². The highest BCUT2D eigenvalue weighted by Gasteiger charge is 2.29. The first kappa shape index (κ1) is 17.3. The third kappa shape index (κ3) is 3.82. The van der Waals surface area contributed by atoms with Gasteiger partial charge in [0.25, 0.3) is 0 Å². The molecule has 1 amide bonds. The van der Waals surface area contributed by atoms with Crippen molar-refractivity contribution in [3.05, 3.63) is 35.4 Å². The first-order valence-electron chi connectivity index (χ1n) is 8.34. The molecule has 2 aliphatic rings. The number of benzene rings is 1. The molecule has 3 unspecified atom stereocenters. The SMILES string of the molecule is CC(NC(=O)C1CCCc2ccccc21)C1CCCNC1.Cl. The number of carbonyl (C=O) groups excluding carboxylic acids is 1. The Hall–Kier alpha value is -1.06. The number of hydrogen-bond acceptors (Lipinski definition) is 2. The molecule has 0 spiro atoms. The molecule has 1 aliphatic carbocycles. The molecule has 22 heavy (non-hydrogen) atoms. The molecule has 4 heteroatoms. The zero-order valence-electron chi connectivity index (χ0n) is 13.3. The van der Waals surface area contributed by atoms with Gasteiger partial charge in [0, 0.05) is 6.04 Å². The van der Waals surface area contributed by atoms with Crippen LogP contribution < -0.4 is 10.6 Å². The molecule has 0 aromatic heterocycles. The maximum atomic E-state index is 12.7. The number of carbonyl (C=O) groups is 1. The Morgan fingerprint density at radius 1 is 1.27 bits per heavy atom. The van der Waals surface area contributed by atoms with Gasteiger partial charge < -0.3 is 10.6 Å². The predicted molar refractivity (Wildman–Crippen MR) is 92.6 cm³/mol. The van der Waals surface area contributed by atoms with Gasteiger partial charge in [-0.1, -0.05) is 24.3 Å². The molecule has 2 N–H and O–H groups in total. The van der Waals surface area contributed by atoms with Crippen molar-refractivity contribution < 1.29 is 4.79 Å². The summed E-state index contributed by atoms with van der Waals surface area (Å²) in [6.45, 7) is 4.31. The third-order valence-electron chi connectivity index (χ3n) is 5.10. The van der Waals surface area contributed by atoms with Crippen LogP contribution in [0.15, 0.2) is 24.3 Å². The third-order valence-corrected chi connectivity index (χ3v) is 5.10. The molecule has 1 heterocycles. The van der Waals surface area contributed by atoms with Gasteiger partial charge in [-0.25, -0.2) is 0 Å². The first-order valence-corrected chi connectivity index (χ1v) is 8.34. The topological polar surface area (TPSA) is 41.1 Å². The van der Waals surface area contributed by atoms with E-state index in [1.165, 1.54) is 24.0 Å². The summed E-state index contributed by atoms with van der Waals surface area (Å²) in [6, 6.07) is 8.70. The summed E-state index contributed by atoms with van der Waals surface area (Å²) in [4.78, 5) is 12.7. The molecular weight excluding hydrogens is 296 g/mol. The molecule has 3 nitrogen and oxygen atoms in total. The average molecular weight is 323 g/mol. The zero-order valence-corrected chi connectivity index (χ0v) is 14.1. The number of aryl methyl sites for hydroxylation is 1. The molecule has 3 rings (SSSR count). The summed E-state index contributed by atoms with van der Waals surface area (Å²) in [5.41, 5.74) is 2.60. The van der Waals surface area contributed by atoms with Crippen LogP contribution in [0.5, 0.6) is 0 Å². The molecule has 1 fully saturated rings. The van der Waals surface area contributed by atoms with Gasteiger partial charge in [-0.2, -0.15) is 0 Å². The van der Waals surface area contributed by atoms with Crippen molar-refractivity contribution in [2.75, 3.05) is 13.1 Å². The predicted octanol–water partition coefficient (Wildman–Crippen LogP) is 3.03. The van der Waals surface area contributed by atoms with Gasteiger partial charge in [0.15, 0.2) is 0 Å². The summed E-state index contributed by atoms with van der Waals surface area (Å²) >= 11 is 0. The molecule has 1 saturated heterocycles. The van der Waals surface area contributed by atoms with Crippen LogP contribution in [0.4, 0.5) is 0 Å². The molecule has 1 aromatic rings. The number of piperidine rings is 1.